The minimum absolute atomic E-state index is 0.0923. The van der Waals surface area contributed by atoms with E-state index in [0.717, 1.165) is 84.0 Å². The highest BCUT2D eigenvalue weighted by molar-refractivity contribution is 5.80. The molecule has 2 amide bonds. The van der Waals surface area contributed by atoms with Gasteiger partial charge in [0.2, 0.25) is 11.8 Å². The number of rotatable bonds is 54. The molecule has 5 saturated heterocycles. The quantitative estimate of drug-likeness (QED) is 0.0318. The van der Waals surface area contributed by atoms with E-state index in [-0.39, 0.29) is 12.8 Å². The van der Waals surface area contributed by atoms with Gasteiger partial charge in [-0.2, -0.15) is 0 Å². The molecule has 5 aliphatic rings. The van der Waals surface area contributed by atoms with Gasteiger partial charge in [0, 0.05) is 13.3 Å². The Hall–Kier alpha value is -2.71. The molecule has 0 aromatic heterocycles. The fourth-order valence-electron chi connectivity index (χ4n) is 14.6. The van der Waals surface area contributed by atoms with Gasteiger partial charge in [-0.25, -0.2) is 4.79 Å². The summed E-state index contributed by atoms with van der Waals surface area (Å²) in [6.07, 6.45) is -23.2. The normalized spacial score (nSPS) is 34.7. The molecule has 107 heavy (non-hydrogen) atoms. The van der Waals surface area contributed by atoms with Gasteiger partial charge in [0.15, 0.2) is 25.2 Å². The highest BCUT2D eigenvalue weighted by atomic mass is 16.8. The van der Waals surface area contributed by atoms with Crippen LogP contribution in [0.5, 0.6) is 0 Å². The van der Waals surface area contributed by atoms with E-state index in [2.05, 4.69) is 24.5 Å². The van der Waals surface area contributed by atoms with Crippen molar-refractivity contribution in [2.24, 2.45) is 0 Å². The summed E-state index contributed by atoms with van der Waals surface area (Å²) < 4.78 is 58.3. The van der Waals surface area contributed by atoms with Gasteiger partial charge in [-0.3, -0.25) is 9.59 Å². The van der Waals surface area contributed by atoms with Crippen molar-refractivity contribution in [1.29, 1.82) is 0 Å². The summed E-state index contributed by atoms with van der Waals surface area (Å²) in [4.78, 5) is 40.4. The van der Waals surface area contributed by atoms with Crippen molar-refractivity contribution in [2.45, 2.75) is 410 Å². The number of carboxylic acid groups (broad SMARTS) is 1. The van der Waals surface area contributed by atoms with E-state index in [1.165, 1.54) is 96.8 Å². The topological polar surface area (TPSA) is 552 Å². The molecule has 21 N–H and O–H groups in total. The van der Waals surface area contributed by atoms with Crippen molar-refractivity contribution in [3.05, 3.63) is 0 Å². The van der Waals surface area contributed by atoms with Crippen LogP contribution < -0.4 is 10.6 Å². The lowest BCUT2D eigenvalue weighted by atomic mass is 9.87. The van der Waals surface area contributed by atoms with Crippen LogP contribution >= 0.6 is 0 Å². The molecule has 30 atom stereocenters. The standard InChI is InChI=1S/C73H134N2O32/c1-5-7-9-11-13-15-17-18-19-20-21-22-23-24-26-28-30-32-34-45(83)67(95)75-43(52(85)44(82)33-31-29-27-25-16-14-12-10-8-6-2)40-98-68-58(91)56(89)63(49(38-78)101-68)105-71-61(94)66(54(87)48(37-77)100-71)107-73(72(96)97)35-47(51(74-42(4)81)65(106-73)53(86)46(84)36-76)99-69-60(93)57(90)64(50(39-79)102-69)104-70-59(92)55(88)62(103-70)41(3)80/h41,43-66,68-71,76-80,82-94H,5-40H2,1-4H3,(H,74,81)(H,75,95)(H,96,97). The van der Waals surface area contributed by atoms with Crippen molar-refractivity contribution < 1.29 is 159 Å². The maximum atomic E-state index is 13.8. The smallest absolute Gasteiger partial charge is 0.364 e. The predicted molar refractivity (Wildman–Crippen MR) is 377 cm³/mol. The molecule has 34 heteroatoms. The molecule has 5 fully saturated rings. The monoisotopic (exact) mass is 1550 g/mol. The second-order valence-corrected chi connectivity index (χ2v) is 29.9. The summed E-state index contributed by atoms with van der Waals surface area (Å²) >= 11 is 0. The molecule has 0 saturated carbocycles. The lowest BCUT2D eigenvalue weighted by Crippen LogP contribution is -2.72. The number of aliphatic hydroxyl groups is 18. The van der Waals surface area contributed by atoms with Crippen LogP contribution in [0.25, 0.3) is 0 Å². The first-order valence-corrected chi connectivity index (χ1v) is 39.5. The molecular weight excluding hydrogens is 1420 g/mol. The van der Waals surface area contributed by atoms with E-state index in [1.54, 1.807) is 0 Å². The molecule has 0 spiro atoms. The zero-order valence-corrected chi connectivity index (χ0v) is 63.0. The third kappa shape index (κ3) is 29.0. The minimum Gasteiger partial charge on any atom is -0.477 e. The van der Waals surface area contributed by atoms with Gasteiger partial charge in [0.1, 0.15) is 122 Å². The lowest BCUT2D eigenvalue weighted by Gasteiger charge is -2.52. The van der Waals surface area contributed by atoms with Gasteiger partial charge in [0.05, 0.1) is 63.4 Å². The molecule has 5 aliphatic heterocycles. The number of unbranched alkanes of at least 4 members (excludes halogenated alkanes) is 26. The Kier molecular flexibility index (Phi) is 44.2. The lowest BCUT2D eigenvalue weighted by molar-refractivity contribution is -0.393. The third-order valence-corrected chi connectivity index (χ3v) is 21.1. The summed E-state index contributed by atoms with van der Waals surface area (Å²) in [6, 6.07) is -3.33. The molecule has 0 bridgehead atoms. The second kappa shape index (κ2) is 49.8. The molecule has 0 aliphatic carbocycles. The largest absolute Gasteiger partial charge is 0.477 e. The molecule has 5 heterocycles. The minimum atomic E-state index is -3.40. The average Bonchev–Trinajstić information content (AvgIpc) is 1.15. The van der Waals surface area contributed by atoms with Crippen molar-refractivity contribution in [3.63, 3.8) is 0 Å². The molecule has 34 nitrogen and oxygen atoms in total. The van der Waals surface area contributed by atoms with Crippen LogP contribution in [-0.2, 0) is 61.8 Å². The van der Waals surface area contributed by atoms with Gasteiger partial charge in [-0.05, 0) is 19.8 Å². The number of amides is 2. The van der Waals surface area contributed by atoms with Crippen molar-refractivity contribution >= 4 is 17.8 Å². The average molecular weight is 1550 g/mol. The van der Waals surface area contributed by atoms with Crippen LogP contribution in [0, 0.1) is 0 Å². The van der Waals surface area contributed by atoms with Gasteiger partial charge < -0.3 is 155 Å². The van der Waals surface area contributed by atoms with Crippen LogP contribution in [-0.4, -0.2) is 331 Å². The van der Waals surface area contributed by atoms with Crippen LogP contribution in [0.15, 0.2) is 0 Å². The number of carbonyl (C=O) groups excluding carboxylic acids is 2. The summed E-state index contributed by atoms with van der Waals surface area (Å²) in [5.74, 6) is -7.37. The molecule has 0 aromatic carbocycles. The van der Waals surface area contributed by atoms with E-state index >= 15 is 0 Å². The highest BCUT2D eigenvalue weighted by Crippen LogP contribution is 2.42. The Labute approximate surface area is 628 Å². The molecule has 0 radical (unpaired) electrons. The summed E-state index contributed by atoms with van der Waals surface area (Å²) in [5, 5.41) is 216. The predicted octanol–water partition coefficient (Wildman–Crippen LogP) is -1.21. The maximum Gasteiger partial charge on any atom is 0.364 e. The van der Waals surface area contributed by atoms with Crippen molar-refractivity contribution in [1.82, 2.24) is 10.6 Å². The molecule has 5 rings (SSSR count). The van der Waals surface area contributed by atoms with Gasteiger partial charge in [-0.15, -0.1) is 0 Å². The summed E-state index contributed by atoms with van der Waals surface area (Å²) in [7, 11) is 0. The molecule has 0 aromatic rings. The van der Waals surface area contributed by atoms with E-state index in [4.69, 9.17) is 47.4 Å². The van der Waals surface area contributed by atoms with Crippen molar-refractivity contribution in [3.8, 4) is 0 Å². The first-order chi connectivity index (χ1) is 51.1. The van der Waals surface area contributed by atoms with E-state index < -0.39 is 241 Å². The molecule has 628 valence electrons. The second-order valence-electron chi connectivity index (χ2n) is 29.9. The Morgan fingerprint density at radius 1 is 0.477 bits per heavy atom. The Bertz CT molecular complexity index is 2410. The van der Waals surface area contributed by atoms with Gasteiger partial charge >= 0.3 is 5.97 Å². The SMILES string of the molecule is CCCCCCCCCCCCCCCCCCCCC(O)C(=O)NC(COC1OC(CO)C(OC2OC(CO)C(O)C(OC3(C(=O)O)CC(OC4OC(CO)C(OC5OC(C(C)O)C(O)C5O)C(O)C4O)C(NC(C)=O)C(C(O)C(O)CO)O3)C2O)C(O)C1O)C(O)C(O)CCCCCCCCCCCC. The maximum absolute atomic E-state index is 13.8. The fraction of sp³-hybridized carbons (Fsp3) is 0.959. The highest BCUT2D eigenvalue weighted by Gasteiger charge is 2.62. The van der Waals surface area contributed by atoms with Gasteiger partial charge in [0.25, 0.3) is 5.79 Å². The number of ether oxygens (including phenoxy) is 10. The van der Waals surface area contributed by atoms with Crippen LogP contribution in [0.1, 0.15) is 227 Å². The zero-order valence-electron chi connectivity index (χ0n) is 63.0. The van der Waals surface area contributed by atoms with E-state index in [9.17, 15) is 111 Å². The van der Waals surface area contributed by atoms with Gasteiger partial charge in [-0.1, -0.05) is 194 Å². The van der Waals surface area contributed by atoms with E-state index in [1.807, 2.05) is 0 Å². The Morgan fingerprint density at radius 3 is 1.34 bits per heavy atom. The number of aliphatic carboxylic acids is 1. The third-order valence-electron chi connectivity index (χ3n) is 21.1. The Morgan fingerprint density at radius 2 is 0.897 bits per heavy atom. The zero-order chi connectivity index (χ0) is 78.9. The molecule has 30 unspecified atom stereocenters. The number of carboxylic acids is 1. The van der Waals surface area contributed by atoms with Crippen molar-refractivity contribution in [2.75, 3.05) is 33.0 Å². The number of nitrogens with one attached hydrogen (secondary N) is 2. The first kappa shape index (κ1) is 94.9. The van der Waals surface area contributed by atoms with E-state index in [0.29, 0.717) is 12.8 Å². The number of hydrogen-bond donors (Lipinski definition) is 21. The number of hydrogen-bond acceptors (Lipinski definition) is 31. The van der Waals surface area contributed by atoms with Crippen LogP contribution in [0.3, 0.4) is 0 Å². The first-order valence-electron chi connectivity index (χ1n) is 39.5. The number of aliphatic hydroxyl groups excluding tert-OH is 18. The summed E-state index contributed by atoms with van der Waals surface area (Å²) in [6.45, 7) is 1.37. The Balaban J connectivity index is 1.28. The number of carbonyl (C=O) groups is 3. The van der Waals surface area contributed by atoms with Crippen LogP contribution in [0.2, 0.25) is 0 Å². The fourth-order valence-corrected chi connectivity index (χ4v) is 14.6. The van der Waals surface area contributed by atoms with Crippen LogP contribution in [0.4, 0.5) is 0 Å². The summed E-state index contributed by atoms with van der Waals surface area (Å²) in [5.41, 5.74) is 0. The molecular formula is C73H134N2O32.